The van der Waals surface area contributed by atoms with E-state index in [9.17, 15) is 0 Å². The number of benzene rings is 2. The molecule has 0 N–H and O–H groups in total. The number of rotatable bonds is 17. The molecule has 0 amide bonds. The molecule has 0 unspecified atom stereocenters. The van der Waals surface area contributed by atoms with Gasteiger partial charge < -0.3 is 18.9 Å². The minimum atomic E-state index is 0.803. The lowest BCUT2D eigenvalue weighted by Crippen LogP contribution is -1.93. The summed E-state index contributed by atoms with van der Waals surface area (Å²) in [5, 5.41) is 0. The molecule has 0 bridgehead atoms. The van der Waals surface area contributed by atoms with Crippen molar-refractivity contribution in [3.8, 4) is 23.0 Å². The predicted octanol–water partition coefficient (Wildman–Crippen LogP) is 7.41. The van der Waals surface area contributed by atoms with Crippen molar-refractivity contribution in [3.63, 3.8) is 0 Å². The standard InChI is InChI=1S/C28H42O4/c1-29-25-19-17-23(21-27(25)31-3)15-13-11-9-7-5-6-8-10-12-14-16-24-18-20-26(30-2)28(22-24)32-4/h17-22H,5-16H2,1-4H3. The largest absolute Gasteiger partial charge is 0.493 e. The summed E-state index contributed by atoms with van der Waals surface area (Å²) in [6.07, 6.45) is 15.4. The van der Waals surface area contributed by atoms with Crippen molar-refractivity contribution in [1.82, 2.24) is 0 Å². The summed E-state index contributed by atoms with van der Waals surface area (Å²) >= 11 is 0. The third kappa shape index (κ3) is 9.02. The van der Waals surface area contributed by atoms with E-state index in [1.165, 1.54) is 75.3 Å². The Morgan fingerprint density at radius 1 is 0.406 bits per heavy atom. The van der Waals surface area contributed by atoms with Gasteiger partial charge in [-0.15, -0.1) is 0 Å². The minimum Gasteiger partial charge on any atom is -0.493 e. The Kier molecular flexibility index (Phi) is 12.5. The van der Waals surface area contributed by atoms with E-state index >= 15 is 0 Å². The van der Waals surface area contributed by atoms with Crippen LogP contribution in [0.1, 0.15) is 75.3 Å². The highest BCUT2D eigenvalue weighted by atomic mass is 16.5. The fraction of sp³-hybridized carbons (Fsp3) is 0.571. The fourth-order valence-electron chi connectivity index (χ4n) is 4.14. The molecule has 0 aliphatic rings. The summed E-state index contributed by atoms with van der Waals surface area (Å²) in [7, 11) is 6.75. The first-order chi connectivity index (χ1) is 15.7. The molecule has 0 atom stereocenters. The summed E-state index contributed by atoms with van der Waals surface area (Å²) in [5.74, 6) is 3.26. The molecule has 0 aromatic heterocycles. The number of aryl methyl sites for hydroxylation is 2. The molecule has 0 saturated carbocycles. The first kappa shape index (κ1) is 25.9. The molecular formula is C28H42O4. The van der Waals surface area contributed by atoms with Crippen LogP contribution in [0.5, 0.6) is 23.0 Å². The highest BCUT2D eigenvalue weighted by molar-refractivity contribution is 5.43. The predicted molar refractivity (Wildman–Crippen MR) is 133 cm³/mol. The van der Waals surface area contributed by atoms with E-state index < -0.39 is 0 Å². The molecule has 2 aromatic carbocycles. The number of unbranched alkanes of at least 4 members (excludes halogenated alkanes) is 9. The molecule has 0 saturated heterocycles. The van der Waals surface area contributed by atoms with Gasteiger partial charge in [0.2, 0.25) is 0 Å². The molecule has 0 fully saturated rings. The zero-order valence-corrected chi connectivity index (χ0v) is 20.6. The van der Waals surface area contributed by atoms with Gasteiger partial charge in [-0.2, -0.15) is 0 Å². The SMILES string of the molecule is COc1ccc(CCCCCCCCCCCCc2ccc(OC)c(OC)c2)cc1OC. The molecule has 0 aliphatic heterocycles. The quantitative estimate of drug-likeness (QED) is 0.239. The Hall–Kier alpha value is -2.36. The Morgan fingerprint density at radius 3 is 1.03 bits per heavy atom. The first-order valence-corrected chi connectivity index (χ1v) is 12.1. The molecule has 2 aromatic rings. The van der Waals surface area contributed by atoms with E-state index in [1.807, 2.05) is 12.1 Å². The highest BCUT2D eigenvalue weighted by Crippen LogP contribution is 2.29. The number of hydrogen-bond donors (Lipinski definition) is 0. The monoisotopic (exact) mass is 442 g/mol. The normalized spacial score (nSPS) is 10.8. The van der Waals surface area contributed by atoms with Crippen LogP contribution in [0.25, 0.3) is 0 Å². The Bertz CT molecular complexity index is 707. The average molecular weight is 443 g/mol. The summed E-state index contributed by atoms with van der Waals surface area (Å²) in [4.78, 5) is 0. The first-order valence-electron chi connectivity index (χ1n) is 12.1. The molecule has 4 heteroatoms. The van der Waals surface area contributed by atoms with Crippen molar-refractivity contribution in [1.29, 1.82) is 0 Å². The maximum atomic E-state index is 5.39. The van der Waals surface area contributed by atoms with Crippen molar-refractivity contribution >= 4 is 0 Å². The zero-order chi connectivity index (χ0) is 23.0. The van der Waals surface area contributed by atoms with E-state index in [2.05, 4.69) is 24.3 Å². The van der Waals surface area contributed by atoms with Crippen molar-refractivity contribution < 1.29 is 18.9 Å². The van der Waals surface area contributed by atoms with Gasteiger partial charge in [0.15, 0.2) is 23.0 Å². The van der Waals surface area contributed by atoms with Crippen LogP contribution < -0.4 is 18.9 Å². The molecule has 0 radical (unpaired) electrons. The van der Waals surface area contributed by atoms with Crippen LogP contribution in [0.2, 0.25) is 0 Å². The molecule has 4 nitrogen and oxygen atoms in total. The molecule has 32 heavy (non-hydrogen) atoms. The Morgan fingerprint density at radius 2 is 0.719 bits per heavy atom. The second kappa shape index (κ2) is 15.4. The van der Waals surface area contributed by atoms with E-state index in [4.69, 9.17) is 18.9 Å². The van der Waals surface area contributed by atoms with E-state index in [-0.39, 0.29) is 0 Å². The van der Waals surface area contributed by atoms with Crippen molar-refractivity contribution in [2.24, 2.45) is 0 Å². The van der Waals surface area contributed by atoms with Crippen LogP contribution in [-0.2, 0) is 12.8 Å². The minimum absolute atomic E-state index is 0.803. The lowest BCUT2D eigenvalue weighted by Gasteiger charge is -2.09. The maximum Gasteiger partial charge on any atom is 0.160 e. The molecule has 0 aliphatic carbocycles. The van der Waals surface area contributed by atoms with Gasteiger partial charge in [0.05, 0.1) is 28.4 Å². The molecule has 0 spiro atoms. The lowest BCUT2D eigenvalue weighted by molar-refractivity contribution is 0.354. The number of hydrogen-bond acceptors (Lipinski definition) is 4. The van der Waals surface area contributed by atoms with Crippen LogP contribution in [0.3, 0.4) is 0 Å². The van der Waals surface area contributed by atoms with E-state index in [1.54, 1.807) is 28.4 Å². The van der Waals surface area contributed by atoms with Gasteiger partial charge in [-0.25, -0.2) is 0 Å². The molecule has 0 heterocycles. The smallest absolute Gasteiger partial charge is 0.160 e. The van der Waals surface area contributed by atoms with Gasteiger partial charge in [0.1, 0.15) is 0 Å². The summed E-state index contributed by atoms with van der Waals surface area (Å²) in [5.41, 5.74) is 2.66. The number of ether oxygens (including phenoxy) is 4. The Labute approximate surface area is 195 Å². The van der Waals surface area contributed by atoms with Gasteiger partial charge in [0.25, 0.3) is 0 Å². The van der Waals surface area contributed by atoms with Gasteiger partial charge in [-0.05, 0) is 61.1 Å². The van der Waals surface area contributed by atoms with Crippen molar-refractivity contribution in [3.05, 3.63) is 47.5 Å². The lowest BCUT2D eigenvalue weighted by atomic mass is 10.0. The zero-order valence-electron chi connectivity index (χ0n) is 20.6. The van der Waals surface area contributed by atoms with E-state index in [0.29, 0.717) is 0 Å². The maximum absolute atomic E-state index is 5.39. The molecular weight excluding hydrogens is 400 g/mol. The van der Waals surface area contributed by atoms with Crippen LogP contribution in [-0.4, -0.2) is 28.4 Å². The van der Waals surface area contributed by atoms with Gasteiger partial charge in [-0.1, -0.05) is 63.5 Å². The Balaban J connectivity index is 1.45. The fourth-order valence-corrected chi connectivity index (χ4v) is 4.14. The molecule has 2 rings (SSSR count). The summed E-state index contributed by atoms with van der Waals surface area (Å²) < 4.78 is 21.4. The van der Waals surface area contributed by atoms with Crippen LogP contribution in [0.15, 0.2) is 36.4 Å². The van der Waals surface area contributed by atoms with Crippen LogP contribution in [0.4, 0.5) is 0 Å². The summed E-state index contributed by atoms with van der Waals surface area (Å²) in [6.45, 7) is 0. The van der Waals surface area contributed by atoms with Crippen molar-refractivity contribution in [2.45, 2.75) is 77.0 Å². The molecule has 178 valence electrons. The second-order valence-corrected chi connectivity index (χ2v) is 8.41. The van der Waals surface area contributed by atoms with Crippen LogP contribution >= 0.6 is 0 Å². The third-order valence-electron chi connectivity index (χ3n) is 6.08. The summed E-state index contributed by atoms with van der Waals surface area (Å²) in [6, 6.07) is 12.5. The second-order valence-electron chi connectivity index (χ2n) is 8.41. The topological polar surface area (TPSA) is 36.9 Å². The third-order valence-corrected chi connectivity index (χ3v) is 6.08. The van der Waals surface area contributed by atoms with Gasteiger partial charge in [-0.3, -0.25) is 0 Å². The van der Waals surface area contributed by atoms with E-state index in [0.717, 1.165) is 35.8 Å². The average Bonchev–Trinajstić information content (AvgIpc) is 2.84. The van der Waals surface area contributed by atoms with Crippen LogP contribution in [0, 0.1) is 0 Å². The highest BCUT2D eigenvalue weighted by Gasteiger charge is 2.05. The number of methoxy groups -OCH3 is 4. The van der Waals surface area contributed by atoms with Gasteiger partial charge >= 0.3 is 0 Å². The van der Waals surface area contributed by atoms with Crippen molar-refractivity contribution in [2.75, 3.05) is 28.4 Å². The van der Waals surface area contributed by atoms with Gasteiger partial charge in [0, 0.05) is 0 Å².